The van der Waals surface area contributed by atoms with Crippen molar-refractivity contribution in [3.8, 4) is 0 Å². The molecular weight excluding hydrogens is 227 g/mol. The maximum absolute atomic E-state index is 10.6. The Kier molecular flexibility index (Phi) is 4.23. The quantitative estimate of drug-likeness (QED) is 0.318. The third-order valence-corrected chi connectivity index (χ3v) is 1.61. The summed E-state index contributed by atoms with van der Waals surface area (Å²) in [5.41, 5.74) is 0. The number of nitrogens with zero attached hydrogens (tertiary/aromatic N) is 2. The fraction of sp³-hybridized carbons (Fsp3) is 0.250. The molecule has 0 aromatic rings. The summed E-state index contributed by atoms with van der Waals surface area (Å²) in [6, 6.07) is -0.860. The summed E-state index contributed by atoms with van der Waals surface area (Å²) >= 11 is 2.63. The fourth-order valence-corrected chi connectivity index (χ4v) is 0.700. The van der Waals surface area contributed by atoms with Gasteiger partial charge < -0.3 is 5.11 Å². The van der Waals surface area contributed by atoms with Gasteiger partial charge in [0.05, 0.1) is 22.6 Å². The van der Waals surface area contributed by atoms with Gasteiger partial charge in [-0.15, -0.1) is 0 Å². The van der Waals surface area contributed by atoms with Gasteiger partial charge in [0.25, 0.3) is 0 Å². The van der Waals surface area contributed by atoms with Gasteiger partial charge >= 0.3 is 35.6 Å². The minimum atomic E-state index is -0.860. The number of rotatable bonds is 0. The molecule has 0 aromatic carbocycles. The van der Waals surface area contributed by atoms with Gasteiger partial charge in [0.2, 0.25) is 5.91 Å². The van der Waals surface area contributed by atoms with Crippen molar-refractivity contribution in [3.63, 3.8) is 0 Å². The molecule has 1 heterocycles. The molecule has 0 fully saturated rings. The molecule has 0 spiro atoms. The van der Waals surface area contributed by atoms with Crippen LogP contribution in [0.3, 0.4) is 0 Å². The molecule has 0 bridgehead atoms. The minimum absolute atomic E-state index is 0. The average Bonchev–Trinajstić information content (AvgIpc) is 1.82. The number of urea groups is 1. The van der Waals surface area contributed by atoms with Gasteiger partial charge in [-0.05, 0) is 5.90 Å². The van der Waals surface area contributed by atoms with Crippen molar-refractivity contribution < 1.29 is 44.3 Å². The zero-order valence-electron chi connectivity index (χ0n) is 5.70. The van der Waals surface area contributed by atoms with E-state index in [1.54, 1.807) is 0 Å². The van der Waals surface area contributed by atoms with Crippen molar-refractivity contribution >= 4 is 34.0 Å². The molecular formula is C4H2BrN2NaO3. The molecule has 7 heteroatoms. The van der Waals surface area contributed by atoms with Crippen LogP contribution in [0.2, 0.25) is 0 Å². The van der Waals surface area contributed by atoms with Crippen LogP contribution in [0.25, 0.3) is 0 Å². The minimum Gasteiger partial charge on any atom is -0.861 e. The zero-order chi connectivity index (χ0) is 7.72. The Morgan fingerprint density at radius 3 is 2.55 bits per heavy atom. The molecule has 0 unspecified atom stereocenters. The van der Waals surface area contributed by atoms with E-state index in [9.17, 15) is 14.7 Å². The van der Waals surface area contributed by atoms with Gasteiger partial charge in [0.1, 0.15) is 0 Å². The van der Waals surface area contributed by atoms with Crippen LogP contribution in [0.5, 0.6) is 0 Å². The second-order valence-corrected chi connectivity index (χ2v) is 2.35. The molecule has 1 rings (SSSR count). The summed E-state index contributed by atoms with van der Waals surface area (Å²) in [7, 11) is 0. The van der Waals surface area contributed by atoms with Crippen LogP contribution in [0.4, 0.5) is 4.79 Å². The standard InChI is InChI=1S/C4H3BrN2O3.Na/c5-7-3(9)1-2(8)6-4(7)10;/h1H2,(H,6,8,10);/q;+1/p-1. The molecule has 0 aromatic heterocycles. The Bertz CT molecular complexity index is 229. The van der Waals surface area contributed by atoms with Crippen LogP contribution in [-0.4, -0.2) is 21.8 Å². The molecule has 0 saturated carbocycles. The van der Waals surface area contributed by atoms with E-state index in [-0.39, 0.29) is 36.0 Å². The van der Waals surface area contributed by atoms with E-state index >= 15 is 0 Å². The topological polar surface area (TPSA) is 72.8 Å². The van der Waals surface area contributed by atoms with Crippen molar-refractivity contribution in [3.05, 3.63) is 0 Å². The zero-order valence-corrected chi connectivity index (χ0v) is 9.29. The van der Waals surface area contributed by atoms with Crippen LogP contribution in [0, 0.1) is 0 Å². The Labute approximate surface area is 93.1 Å². The molecule has 0 N–H and O–H groups in total. The molecule has 0 radical (unpaired) electrons. The summed E-state index contributed by atoms with van der Waals surface area (Å²) in [4.78, 5) is 24.1. The van der Waals surface area contributed by atoms with Crippen LogP contribution in [0.15, 0.2) is 4.99 Å². The first-order valence-electron chi connectivity index (χ1n) is 2.38. The fourth-order valence-electron chi connectivity index (χ4n) is 0.496. The molecule has 5 nitrogen and oxygen atoms in total. The number of aliphatic imine (C=N–C) groups is 1. The van der Waals surface area contributed by atoms with Crippen LogP contribution < -0.4 is 34.7 Å². The first kappa shape index (κ1) is 11.1. The third-order valence-electron chi connectivity index (χ3n) is 0.910. The molecule has 0 saturated heterocycles. The predicted octanol–water partition coefficient (Wildman–Crippen LogP) is -3.59. The predicted molar refractivity (Wildman–Crippen MR) is 33.2 cm³/mol. The Balaban J connectivity index is 0.000001000. The Morgan fingerprint density at radius 2 is 2.09 bits per heavy atom. The summed E-state index contributed by atoms with van der Waals surface area (Å²) in [5, 5.41) is 10.4. The number of imide groups is 1. The van der Waals surface area contributed by atoms with E-state index in [1.807, 2.05) is 0 Å². The number of hydrogen-bond acceptors (Lipinski definition) is 3. The number of hydrogen-bond donors (Lipinski definition) is 0. The summed E-state index contributed by atoms with van der Waals surface area (Å²) in [6.45, 7) is 0. The second kappa shape index (κ2) is 4.20. The smallest absolute Gasteiger partial charge is 0.861 e. The summed E-state index contributed by atoms with van der Waals surface area (Å²) in [6.07, 6.45) is -0.336. The molecule has 11 heavy (non-hydrogen) atoms. The van der Waals surface area contributed by atoms with Crippen molar-refractivity contribution in [2.75, 3.05) is 0 Å². The van der Waals surface area contributed by atoms with Gasteiger partial charge in [-0.25, -0.2) is 9.79 Å². The maximum atomic E-state index is 10.6. The summed E-state index contributed by atoms with van der Waals surface area (Å²) in [5.74, 6) is -1.27. The van der Waals surface area contributed by atoms with Crippen LogP contribution >= 0.6 is 16.1 Å². The largest absolute Gasteiger partial charge is 1.00 e. The number of carbonyl (C=O) groups is 2. The average molecular weight is 229 g/mol. The van der Waals surface area contributed by atoms with Crippen molar-refractivity contribution in [2.45, 2.75) is 6.42 Å². The van der Waals surface area contributed by atoms with E-state index in [4.69, 9.17) is 0 Å². The molecule has 3 amide bonds. The van der Waals surface area contributed by atoms with Crippen LogP contribution in [0.1, 0.15) is 6.42 Å². The van der Waals surface area contributed by atoms with Crippen molar-refractivity contribution in [1.82, 2.24) is 3.93 Å². The monoisotopic (exact) mass is 228 g/mol. The third kappa shape index (κ3) is 2.55. The van der Waals surface area contributed by atoms with E-state index in [1.165, 1.54) is 0 Å². The SMILES string of the molecule is O=C1CC([O-])=NC(=O)N1Br.[Na+]. The van der Waals surface area contributed by atoms with Gasteiger partial charge in [0, 0.05) is 0 Å². The molecule has 54 valence electrons. The first-order chi connectivity index (χ1) is 4.61. The second-order valence-electron chi connectivity index (χ2n) is 1.64. The Hall–Kier alpha value is 0.0900. The molecule has 0 atom stereocenters. The molecule has 1 aliphatic heterocycles. The van der Waals surface area contributed by atoms with Gasteiger partial charge in [-0.3, -0.25) is 4.79 Å². The molecule has 1 aliphatic rings. The van der Waals surface area contributed by atoms with E-state index in [0.29, 0.717) is 3.93 Å². The number of carbonyl (C=O) groups excluding carboxylic acids is 2. The summed E-state index contributed by atoms with van der Waals surface area (Å²) < 4.78 is 0.633. The maximum Gasteiger partial charge on any atom is 1.00 e. The van der Waals surface area contributed by atoms with E-state index in [0.717, 1.165) is 0 Å². The normalized spacial score (nSPS) is 17.5. The van der Waals surface area contributed by atoms with Gasteiger partial charge in [-0.1, -0.05) is 0 Å². The number of halogens is 1. The van der Waals surface area contributed by atoms with E-state index in [2.05, 4.69) is 21.1 Å². The van der Waals surface area contributed by atoms with Gasteiger partial charge in [0.15, 0.2) is 0 Å². The van der Waals surface area contributed by atoms with Gasteiger partial charge in [-0.2, -0.15) is 3.93 Å². The van der Waals surface area contributed by atoms with Crippen LogP contribution in [-0.2, 0) is 4.79 Å². The first-order valence-corrected chi connectivity index (χ1v) is 3.09. The van der Waals surface area contributed by atoms with Crippen molar-refractivity contribution in [1.29, 1.82) is 0 Å². The van der Waals surface area contributed by atoms with E-state index < -0.39 is 17.8 Å². The Morgan fingerprint density at radius 1 is 1.55 bits per heavy atom. The van der Waals surface area contributed by atoms with Crippen molar-refractivity contribution in [2.24, 2.45) is 4.99 Å². The molecule has 0 aliphatic carbocycles. The number of amides is 3.